The summed E-state index contributed by atoms with van der Waals surface area (Å²) in [6.07, 6.45) is 4.33. The Kier molecular flexibility index (Phi) is 11.6. The van der Waals surface area contributed by atoms with Gasteiger partial charge in [-0.2, -0.15) is 0 Å². The Morgan fingerprint density at radius 3 is 1.59 bits per heavy atom. The van der Waals surface area contributed by atoms with Crippen molar-refractivity contribution in [3.05, 3.63) is 55.4 Å². The molecule has 1 rings (SSSR count). The molecule has 0 saturated heterocycles. The molecule has 0 bridgehead atoms. The Hall–Kier alpha value is -2.43. The van der Waals surface area contributed by atoms with E-state index in [4.69, 9.17) is 10.2 Å². The van der Waals surface area contributed by atoms with Crippen LogP contribution in [0, 0.1) is 0 Å². The maximum atomic E-state index is 9.60. The van der Waals surface area contributed by atoms with Crippen LogP contribution in [0.3, 0.4) is 0 Å². The standard InChI is InChI=1S/C5H5N.C4H6O2.C3H4O2/c1-2-4-6-5-3-1;1-3(2)4(5)6;1-2-3(4)5/h1-5H;1H2,2H3,(H,5,6);2H,1H2,(H,4,5). The first-order chi connectivity index (χ1) is 7.91. The van der Waals surface area contributed by atoms with Crippen LogP contribution >= 0.6 is 0 Å². The monoisotopic (exact) mass is 237 g/mol. The van der Waals surface area contributed by atoms with Crippen LogP contribution in [0.2, 0.25) is 0 Å². The fourth-order valence-electron chi connectivity index (χ4n) is 0.313. The van der Waals surface area contributed by atoms with Crippen molar-refractivity contribution in [3.63, 3.8) is 0 Å². The van der Waals surface area contributed by atoms with Crippen molar-refractivity contribution >= 4 is 11.9 Å². The molecule has 1 heterocycles. The van der Waals surface area contributed by atoms with Gasteiger partial charge in [0.2, 0.25) is 0 Å². The number of carbonyl (C=O) groups is 2. The number of pyridine rings is 1. The molecule has 17 heavy (non-hydrogen) atoms. The molecule has 92 valence electrons. The number of aliphatic carboxylic acids is 2. The van der Waals surface area contributed by atoms with Gasteiger partial charge >= 0.3 is 11.9 Å². The van der Waals surface area contributed by atoms with Crippen molar-refractivity contribution in [2.45, 2.75) is 6.92 Å². The van der Waals surface area contributed by atoms with Gasteiger partial charge in [-0.05, 0) is 19.1 Å². The van der Waals surface area contributed by atoms with Crippen LogP contribution < -0.4 is 0 Å². The Bertz CT molecular complexity index is 321. The SMILES string of the molecule is C=C(C)C(=O)O.C=CC(=O)O.c1ccncc1. The molecule has 5 nitrogen and oxygen atoms in total. The molecule has 0 fully saturated rings. The fraction of sp³-hybridized carbons (Fsp3) is 0.0833. The van der Waals surface area contributed by atoms with Gasteiger partial charge in [0.1, 0.15) is 0 Å². The summed E-state index contributed by atoms with van der Waals surface area (Å²) in [5.41, 5.74) is 0.176. The summed E-state index contributed by atoms with van der Waals surface area (Å²) in [6.45, 7) is 7.56. The molecular formula is C12H15NO4. The Morgan fingerprint density at radius 1 is 1.18 bits per heavy atom. The normalized spacial score (nSPS) is 7.35. The minimum absolute atomic E-state index is 0.176. The topological polar surface area (TPSA) is 87.5 Å². The smallest absolute Gasteiger partial charge is 0.330 e. The maximum Gasteiger partial charge on any atom is 0.330 e. The minimum Gasteiger partial charge on any atom is -0.478 e. The zero-order valence-corrected chi connectivity index (χ0v) is 9.54. The lowest BCUT2D eigenvalue weighted by atomic mass is 10.4. The average Bonchev–Trinajstić information content (AvgIpc) is 2.32. The Morgan fingerprint density at radius 2 is 1.53 bits per heavy atom. The van der Waals surface area contributed by atoms with Crippen LogP contribution in [0.5, 0.6) is 0 Å². The maximum absolute atomic E-state index is 9.60. The van der Waals surface area contributed by atoms with Gasteiger partial charge in [-0.1, -0.05) is 19.2 Å². The van der Waals surface area contributed by atoms with E-state index in [2.05, 4.69) is 18.1 Å². The van der Waals surface area contributed by atoms with Crippen LogP contribution in [0.1, 0.15) is 6.92 Å². The molecule has 0 aromatic carbocycles. The molecule has 1 aromatic heterocycles. The third-order valence-electron chi connectivity index (χ3n) is 1.11. The number of carboxylic acids is 2. The van der Waals surface area contributed by atoms with Gasteiger partial charge in [0.15, 0.2) is 0 Å². The van der Waals surface area contributed by atoms with Gasteiger partial charge in [0, 0.05) is 24.0 Å². The zero-order chi connectivity index (χ0) is 13.7. The van der Waals surface area contributed by atoms with Gasteiger partial charge in [0.25, 0.3) is 0 Å². The summed E-state index contributed by atoms with van der Waals surface area (Å²) in [6, 6.07) is 5.72. The molecule has 0 spiro atoms. The lowest BCUT2D eigenvalue weighted by Gasteiger charge is -1.79. The second-order valence-electron chi connectivity index (χ2n) is 2.65. The number of hydrogen-bond donors (Lipinski definition) is 2. The molecule has 2 N–H and O–H groups in total. The molecule has 0 amide bonds. The lowest BCUT2D eigenvalue weighted by molar-refractivity contribution is -0.133. The predicted octanol–water partition coefficient (Wildman–Crippen LogP) is 1.99. The highest BCUT2D eigenvalue weighted by Crippen LogP contribution is 1.81. The van der Waals surface area contributed by atoms with Crippen molar-refractivity contribution in [3.8, 4) is 0 Å². The molecule has 0 unspecified atom stereocenters. The lowest BCUT2D eigenvalue weighted by Crippen LogP contribution is -1.92. The van der Waals surface area contributed by atoms with Gasteiger partial charge < -0.3 is 10.2 Å². The second-order valence-corrected chi connectivity index (χ2v) is 2.65. The van der Waals surface area contributed by atoms with E-state index in [0.717, 1.165) is 6.08 Å². The second kappa shape index (κ2) is 11.6. The van der Waals surface area contributed by atoms with Crippen LogP contribution in [0.25, 0.3) is 0 Å². The van der Waals surface area contributed by atoms with E-state index in [1.165, 1.54) is 6.92 Å². The summed E-state index contributed by atoms with van der Waals surface area (Å²) >= 11 is 0. The van der Waals surface area contributed by atoms with E-state index >= 15 is 0 Å². The summed E-state index contributed by atoms with van der Waals surface area (Å²) < 4.78 is 0. The van der Waals surface area contributed by atoms with Crippen molar-refractivity contribution in [2.75, 3.05) is 0 Å². The Balaban J connectivity index is 0. The molecule has 0 atom stereocenters. The highest BCUT2D eigenvalue weighted by molar-refractivity contribution is 5.84. The first-order valence-corrected chi connectivity index (χ1v) is 4.51. The van der Waals surface area contributed by atoms with E-state index in [1.807, 2.05) is 18.2 Å². The first-order valence-electron chi connectivity index (χ1n) is 4.51. The van der Waals surface area contributed by atoms with Gasteiger partial charge in [0.05, 0.1) is 0 Å². The van der Waals surface area contributed by atoms with Gasteiger partial charge in [-0.25, -0.2) is 9.59 Å². The largest absolute Gasteiger partial charge is 0.478 e. The molecule has 0 saturated carbocycles. The number of rotatable bonds is 2. The number of nitrogens with zero attached hydrogens (tertiary/aromatic N) is 1. The molecule has 0 aliphatic rings. The van der Waals surface area contributed by atoms with Crippen LogP contribution in [0.15, 0.2) is 55.4 Å². The molecular weight excluding hydrogens is 222 g/mol. The number of aromatic nitrogens is 1. The van der Waals surface area contributed by atoms with E-state index in [0.29, 0.717) is 0 Å². The Labute approximate surface area is 99.7 Å². The van der Waals surface area contributed by atoms with Gasteiger partial charge in [-0.15, -0.1) is 0 Å². The van der Waals surface area contributed by atoms with E-state index in [1.54, 1.807) is 12.4 Å². The van der Waals surface area contributed by atoms with Gasteiger partial charge in [-0.3, -0.25) is 4.98 Å². The predicted molar refractivity (Wildman–Crippen MR) is 64.5 cm³/mol. The molecule has 1 aromatic rings. The summed E-state index contributed by atoms with van der Waals surface area (Å²) in [5.74, 6) is -1.92. The van der Waals surface area contributed by atoms with Crippen LogP contribution in [0.4, 0.5) is 0 Å². The van der Waals surface area contributed by atoms with Crippen molar-refractivity contribution in [1.29, 1.82) is 0 Å². The minimum atomic E-state index is -0.981. The highest BCUT2D eigenvalue weighted by Gasteiger charge is 1.90. The molecule has 5 heteroatoms. The molecule has 0 aliphatic heterocycles. The third kappa shape index (κ3) is 19.8. The molecule has 0 aliphatic carbocycles. The third-order valence-corrected chi connectivity index (χ3v) is 1.11. The van der Waals surface area contributed by atoms with Crippen molar-refractivity contribution in [2.24, 2.45) is 0 Å². The highest BCUT2D eigenvalue weighted by atomic mass is 16.4. The van der Waals surface area contributed by atoms with Crippen molar-refractivity contribution < 1.29 is 19.8 Å². The van der Waals surface area contributed by atoms with Crippen molar-refractivity contribution in [1.82, 2.24) is 4.98 Å². The fourth-order valence-corrected chi connectivity index (χ4v) is 0.313. The summed E-state index contributed by atoms with van der Waals surface area (Å²) in [4.78, 5) is 22.6. The number of hydrogen-bond acceptors (Lipinski definition) is 3. The van der Waals surface area contributed by atoms with E-state index in [9.17, 15) is 9.59 Å². The average molecular weight is 237 g/mol. The summed E-state index contributed by atoms with van der Waals surface area (Å²) in [5, 5.41) is 15.5. The zero-order valence-electron chi connectivity index (χ0n) is 9.54. The van der Waals surface area contributed by atoms with E-state index in [-0.39, 0.29) is 5.57 Å². The van der Waals surface area contributed by atoms with E-state index < -0.39 is 11.9 Å². The summed E-state index contributed by atoms with van der Waals surface area (Å²) in [7, 11) is 0. The first kappa shape index (κ1) is 17.0. The van der Waals surface area contributed by atoms with Crippen LogP contribution in [-0.2, 0) is 9.59 Å². The quantitative estimate of drug-likeness (QED) is 0.768. The molecule has 0 radical (unpaired) electrons. The van der Waals surface area contributed by atoms with Crippen LogP contribution in [-0.4, -0.2) is 27.1 Å². The number of carboxylic acid groups (broad SMARTS) is 2.